The molecule has 0 aliphatic carbocycles. The fraction of sp³-hybridized carbons (Fsp3) is 0.619. The largest absolute Gasteiger partial charge is 0.497 e. The number of carbonyl (C=O) groups is 2. The van der Waals surface area contributed by atoms with Crippen molar-refractivity contribution in [2.75, 3.05) is 33.9 Å². The number of nitrogens with zero attached hydrogens (tertiary/aromatic N) is 1. The highest BCUT2D eigenvalue weighted by atomic mass is 16.5. The lowest BCUT2D eigenvalue weighted by Gasteiger charge is -2.36. The van der Waals surface area contributed by atoms with Gasteiger partial charge in [-0.3, -0.25) is 9.59 Å². The first-order valence-electron chi connectivity index (χ1n) is 9.97. The summed E-state index contributed by atoms with van der Waals surface area (Å²) in [6.45, 7) is 5.53. The molecule has 2 amide bonds. The first-order chi connectivity index (χ1) is 13.4. The van der Waals surface area contributed by atoms with Gasteiger partial charge < -0.3 is 25.4 Å². The molecule has 2 rings (SSSR count). The van der Waals surface area contributed by atoms with Gasteiger partial charge >= 0.3 is 0 Å². The van der Waals surface area contributed by atoms with E-state index >= 15 is 0 Å². The monoisotopic (exact) mass is 391 g/mol. The summed E-state index contributed by atoms with van der Waals surface area (Å²) in [5, 5.41) is 3.15. The molecule has 0 unspecified atom stereocenters. The van der Waals surface area contributed by atoms with Crippen molar-refractivity contribution in [2.45, 2.75) is 45.6 Å². The maximum absolute atomic E-state index is 12.9. The van der Waals surface area contributed by atoms with Gasteiger partial charge in [0.2, 0.25) is 5.91 Å². The molecule has 156 valence electrons. The fourth-order valence-corrected chi connectivity index (χ4v) is 3.66. The molecule has 1 aromatic carbocycles. The SMILES string of the molecule is CCC(CC)(CN)C(=O)NC1CCN(C(=O)c2ccc(OC)cc2OC)CC1. The Hall–Kier alpha value is -2.28. The predicted octanol–water partition coefficient (Wildman–Crippen LogP) is 2.19. The summed E-state index contributed by atoms with van der Waals surface area (Å²) in [5.41, 5.74) is 5.90. The van der Waals surface area contributed by atoms with E-state index in [9.17, 15) is 9.59 Å². The minimum atomic E-state index is -0.497. The average Bonchev–Trinajstić information content (AvgIpc) is 2.75. The van der Waals surface area contributed by atoms with Crippen LogP contribution in [0.3, 0.4) is 0 Å². The van der Waals surface area contributed by atoms with E-state index in [1.807, 2.05) is 18.7 Å². The van der Waals surface area contributed by atoms with Crippen molar-refractivity contribution in [2.24, 2.45) is 11.1 Å². The third-order valence-corrected chi connectivity index (χ3v) is 5.98. The summed E-state index contributed by atoms with van der Waals surface area (Å²) in [6.07, 6.45) is 2.90. The molecular weight excluding hydrogens is 358 g/mol. The van der Waals surface area contributed by atoms with Crippen LogP contribution in [0.4, 0.5) is 0 Å². The molecule has 7 nitrogen and oxygen atoms in total. The molecule has 1 aromatic rings. The van der Waals surface area contributed by atoms with Crippen molar-refractivity contribution in [3.63, 3.8) is 0 Å². The maximum Gasteiger partial charge on any atom is 0.257 e. The third-order valence-electron chi connectivity index (χ3n) is 5.98. The van der Waals surface area contributed by atoms with Crippen LogP contribution < -0.4 is 20.5 Å². The molecule has 7 heteroatoms. The van der Waals surface area contributed by atoms with Gasteiger partial charge in [-0.2, -0.15) is 0 Å². The number of hydrogen-bond acceptors (Lipinski definition) is 5. The molecule has 0 spiro atoms. The molecule has 1 heterocycles. The Bertz CT molecular complexity index is 672. The second-order valence-corrected chi connectivity index (χ2v) is 7.30. The Balaban J connectivity index is 1.98. The topological polar surface area (TPSA) is 93.9 Å². The van der Waals surface area contributed by atoms with Crippen molar-refractivity contribution in [1.82, 2.24) is 10.2 Å². The number of amides is 2. The average molecular weight is 392 g/mol. The summed E-state index contributed by atoms with van der Waals surface area (Å²) in [6, 6.07) is 5.26. The number of carbonyl (C=O) groups excluding carboxylic acids is 2. The Morgan fingerprint density at radius 2 is 1.82 bits per heavy atom. The number of nitrogens with two attached hydrogens (primary N) is 1. The van der Waals surface area contributed by atoms with Crippen molar-refractivity contribution < 1.29 is 19.1 Å². The zero-order valence-corrected chi connectivity index (χ0v) is 17.4. The number of benzene rings is 1. The van der Waals surface area contributed by atoms with Crippen LogP contribution in [0.5, 0.6) is 11.5 Å². The highest BCUT2D eigenvalue weighted by molar-refractivity contribution is 5.97. The number of methoxy groups -OCH3 is 2. The summed E-state index contributed by atoms with van der Waals surface area (Å²) < 4.78 is 10.5. The van der Waals surface area contributed by atoms with Gasteiger partial charge in [-0.05, 0) is 37.8 Å². The molecule has 0 bridgehead atoms. The molecule has 0 radical (unpaired) electrons. The lowest BCUT2D eigenvalue weighted by molar-refractivity contribution is -0.132. The Kier molecular flexibility index (Phi) is 7.69. The Morgan fingerprint density at radius 1 is 1.18 bits per heavy atom. The number of piperidine rings is 1. The van der Waals surface area contributed by atoms with E-state index in [0.29, 0.717) is 36.7 Å². The third kappa shape index (κ3) is 4.58. The lowest BCUT2D eigenvalue weighted by atomic mass is 9.81. The first-order valence-corrected chi connectivity index (χ1v) is 9.97. The van der Waals surface area contributed by atoms with Crippen molar-refractivity contribution in [1.29, 1.82) is 0 Å². The van der Waals surface area contributed by atoms with Crippen LogP contribution in [0.15, 0.2) is 18.2 Å². The summed E-state index contributed by atoms with van der Waals surface area (Å²) in [5.74, 6) is 1.10. The van der Waals surface area contributed by atoms with Crippen molar-refractivity contribution in [3.8, 4) is 11.5 Å². The van der Waals surface area contributed by atoms with Gasteiger partial charge in [-0.25, -0.2) is 0 Å². The highest BCUT2D eigenvalue weighted by Crippen LogP contribution is 2.28. The number of hydrogen-bond donors (Lipinski definition) is 2. The van der Waals surface area contributed by atoms with Gasteiger partial charge in [0.25, 0.3) is 5.91 Å². The normalized spacial score (nSPS) is 15.2. The van der Waals surface area contributed by atoms with Gasteiger partial charge in [-0.1, -0.05) is 13.8 Å². The van der Waals surface area contributed by atoms with Crippen LogP contribution in [0.1, 0.15) is 49.9 Å². The molecule has 3 N–H and O–H groups in total. The number of ether oxygens (including phenoxy) is 2. The first kappa shape index (κ1) is 22.0. The fourth-order valence-electron chi connectivity index (χ4n) is 3.66. The van der Waals surface area contributed by atoms with Gasteiger partial charge in [-0.15, -0.1) is 0 Å². The number of rotatable bonds is 8. The van der Waals surface area contributed by atoms with E-state index in [1.54, 1.807) is 32.4 Å². The molecular formula is C21H33N3O4. The molecule has 0 saturated carbocycles. The summed E-state index contributed by atoms with van der Waals surface area (Å²) in [7, 11) is 3.12. The standard InChI is InChI=1S/C21H33N3O4/c1-5-21(6-2,14-22)20(26)23-15-9-11-24(12-10-15)19(25)17-8-7-16(27-3)13-18(17)28-4/h7-8,13,15H,5-6,9-12,14,22H2,1-4H3,(H,23,26). The maximum atomic E-state index is 12.9. The van der Waals surface area contributed by atoms with Gasteiger partial charge in [0, 0.05) is 31.7 Å². The van der Waals surface area contributed by atoms with Crippen molar-refractivity contribution in [3.05, 3.63) is 23.8 Å². The lowest BCUT2D eigenvalue weighted by Crippen LogP contribution is -2.52. The second kappa shape index (κ2) is 9.78. The molecule has 1 aliphatic rings. The van der Waals surface area contributed by atoms with Crippen LogP contribution in [0, 0.1) is 5.41 Å². The molecule has 28 heavy (non-hydrogen) atoms. The zero-order valence-electron chi connectivity index (χ0n) is 17.4. The van der Waals surface area contributed by atoms with E-state index < -0.39 is 5.41 Å². The van der Waals surface area contributed by atoms with Crippen LogP contribution in [0.2, 0.25) is 0 Å². The van der Waals surface area contributed by atoms with E-state index in [-0.39, 0.29) is 17.9 Å². The Morgan fingerprint density at radius 3 is 2.32 bits per heavy atom. The molecule has 1 saturated heterocycles. The minimum Gasteiger partial charge on any atom is -0.497 e. The highest BCUT2D eigenvalue weighted by Gasteiger charge is 2.35. The summed E-state index contributed by atoms with van der Waals surface area (Å²) in [4.78, 5) is 27.4. The van der Waals surface area contributed by atoms with Crippen LogP contribution >= 0.6 is 0 Å². The quantitative estimate of drug-likeness (QED) is 0.708. The van der Waals surface area contributed by atoms with Crippen LogP contribution in [-0.2, 0) is 4.79 Å². The van der Waals surface area contributed by atoms with Crippen LogP contribution in [0.25, 0.3) is 0 Å². The van der Waals surface area contributed by atoms with E-state index in [0.717, 1.165) is 25.7 Å². The smallest absolute Gasteiger partial charge is 0.257 e. The summed E-state index contributed by atoms with van der Waals surface area (Å²) >= 11 is 0. The van der Waals surface area contributed by atoms with Crippen molar-refractivity contribution >= 4 is 11.8 Å². The molecule has 1 fully saturated rings. The predicted molar refractivity (Wildman–Crippen MR) is 109 cm³/mol. The van der Waals surface area contributed by atoms with Gasteiger partial charge in [0.15, 0.2) is 0 Å². The molecule has 0 aromatic heterocycles. The van der Waals surface area contributed by atoms with E-state index in [4.69, 9.17) is 15.2 Å². The minimum absolute atomic E-state index is 0.0293. The van der Waals surface area contributed by atoms with E-state index in [1.165, 1.54) is 0 Å². The molecule has 0 atom stereocenters. The number of likely N-dealkylation sites (tertiary alicyclic amines) is 1. The Labute approximate surface area is 167 Å². The van der Waals surface area contributed by atoms with Crippen LogP contribution in [-0.4, -0.2) is 56.6 Å². The second-order valence-electron chi connectivity index (χ2n) is 7.30. The van der Waals surface area contributed by atoms with Gasteiger partial charge in [0.05, 0.1) is 25.2 Å². The van der Waals surface area contributed by atoms with E-state index in [2.05, 4.69) is 5.32 Å². The molecule has 1 aliphatic heterocycles. The number of nitrogens with one attached hydrogen (secondary N) is 1. The van der Waals surface area contributed by atoms with Gasteiger partial charge in [0.1, 0.15) is 11.5 Å². The zero-order chi connectivity index (χ0) is 20.7.